The molecule has 0 saturated carbocycles. The molecular formula is C19H19F3N4O. The molecule has 5 nitrogen and oxygen atoms in total. The van der Waals surface area contributed by atoms with E-state index in [4.69, 9.17) is 0 Å². The van der Waals surface area contributed by atoms with Gasteiger partial charge in [-0.05, 0) is 38.5 Å². The zero-order valence-electron chi connectivity index (χ0n) is 15.1. The van der Waals surface area contributed by atoms with Crippen LogP contribution in [0.4, 0.5) is 19.0 Å². The van der Waals surface area contributed by atoms with Gasteiger partial charge in [-0.2, -0.15) is 13.2 Å². The normalized spacial score (nSPS) is 12.0. The van der Waals surface area contributed by atoms with Gasteiger partial charge in [0.2, 0.25) is 0 Å². The van der Waals surface area contributed by atoms with E-state index in [2.05, 4.69) is 15.3 Å². The molecule has 3 aromatic rings. The van der Waals surface area contributed by atoms with Crippen LogP contribution in [0.2, 0.25) is 0 Å². The highest BCUT2D eigenvalue weighted by Gasteiger charge is 2.30. The molecule has 0 fully saturated rings. The number of aromatic nitrogens is 3. The van der Waals surface area contributed by atoms with Crippen LogP contribution in [0.5, 0.6) is 0 Å². The maximum absolute atomic E-state index is 12.9. The Bertz CT molecular complexity index is 1040. The summed E-state index contributed by atoms with van der Waals surface area (Å²) in [7, 11) is 0. The molecule has 0 radical (unpaired) electrons. The van der Waals surface area contributed by atoms with E-state index in [9.17, 15) is 18.0 Å². The topological polar surface area (TPSA) is 59.8 Å². The van der Waals surface area contributed by atoms with Crippen LogP contribution in [0.25, 0.3) is 10.9 Å². The van der Waals surface area contributed by atoms with Crippen molar-refractivity contribution in [2.24, 2.45) is 0 Å². The Balaban J connectivity index is 1.97. The molecule has 0 atom stereocenters. The number of fused-ring (bicyclic) bond motifs is 1. The third-order valence-corrected chi connectivity index (χ3v) is 4.14. The minimum atomic E-state index is -4.39. The highest BCUT2D eigenvalue weighted by Crippen LogP contribution is 2.30. The van der Waals surface area contributed by atoms with Crippen LogP contribution in [0.3, 0.4) is 0 Å². The Kier molecular flexibility index (Phi) is 4.91. The van der Waals surface area contributed by atoms with E-state index in [1.807, 2.05) is 13.8 Å². The number of pyridine rings is 1. The van der Waals surface area contributed by atoms with Crippen LogP contribution >= 0.6 is 0 Å². The zero-order valence-corrected chi connectivity index (χ0v) is 15.1. The van der Waals surface area contributed by atoms with Crippen LogP contribution in [0, 0.1) is 6.92 Å². The van der Waals surface area contributed by atoms with E-state index < -0.39 is 11.7 Å². The molecule has 142 valence electrons. The number of alkyl halides is 3. The van der Waals surface area contributed by atoms with Gasteiger partial charge in [0.1, 0.15) is 11.6 Å². The van der Waals surface area contributed by atoms with Gasteiger partial charge in [0, 0.05) is 24.8 Å². The summed E-state index contributed by atoms with van der Waals surface area (Å²) in [6.45, 7) is 5.63. The van der Waals surface area contributed by atoms with Crippen molar-refractivity contribution in [2.45, 2.75) is 39.5 Å². The standard InChI is InChI=1S/C19H19F3N4O/c1-11(2)26-10-15-16(8-17(26)27)24-12(3)25-18(15)23-9-13-5-4-6-14(7-13)19(20,21)22/h4-8,10-11H,9H2,1-3H3,(H,23,24,25). The summed E-state index contributed by atoms with van der Waals surface area (Å²) in [6.07, 6.45) is -2.71. The molecule has 0 aliphatic heterocycles. The molecule has 1 N–H and O–H groups in total. The Morgan fingerprint density at radius 2 is 1.93 bits per heavy atom. The van der Waals surface area contributed by atoms with Crippen LogP contribution < -0.4 is 10.9 Å². The molecule has 0 bridgehead atoms. The van der Waals surface area contributed by atoms with Crippen molar-refractivity contribution >= 4 is 16.7 Å². The quantitative estimate of drug-likeness (QED) is 0.737. The molecular weight excluding hydrogens is 357 g/mol. The fourth-order valence-corrected chi connectivity index (χ4v) is 2.82. The lowest BCUT2D eigenvalue weighted by molar-refractivity contribution is -0.137. The molecule has 0 spiro atoms. The SMILES string of the molecule is Cc1nc(NCc2cccc(C(F)(F)F)c2)c2cn(C(C)C)c(=O)cc2n1. The van der Waals surface area contributed by atoms with E-state index in [0.29, 0.717) is 28.1 Å². The molecule has 0 saturated heterocycles. The van der Waals surface area contributed by atoms with Crippen molar-refractivity contribution in [3.8, 4) is 0 Å². The lowest BCUT2D eigenvalue weighted by Gasteiger charge is -2.14. The van der Waals surface area contributed by atoms with Gasteiger partial charge in [-0.3, -0.25) is 4.79 Å². The van der Waals surface area contributed by atoms with E-state index in [1.165, 1.54) is 12.1 Å². The van der Waals surface area contributed by atoms with Crippen molar-refractivity contribution in [3.05, 3.63) is 63.8 Å². The molecule has 27 heavy (non-hydrogen) atoms. The Morgan fingerprint density at radius 1 is 1.19 bits per heavy atom. The van der Waals surface area contributed by atoms with E-state index in [0.717, 1.165) is 12.1 Å². The highest BCUT2D eigenvalue weighted by molar-refractivity contribution is 5.88. The minimum Gasteiger partial charge on any atom is -0.365 e. The van der Waals surface area contributed by atoms with Gasteiger partial charge < -0.3 is 9.88 Å². The molecule has 1 aromatic carbocycles. The molecule has 0 aliphatic rings. The summed E-state index contributed by atoms with van der Waals surface area (Å²) in [5.41, 5.74) is 0.112. The molecule has 0 aliphatic carbocycles. The van der Waals surface area contributed by atoms with Crippen molar-refractivity contribution < 1.29 is 13.2 Å². The number of nitrogens with one attached hydrogen (secondary N) is 1. The summed E-state index contributed by atoms with van der Waals surface area (Å²) in [5, 5.41) is 3.71. The second-order valence-electron chi connectivity index (χ2n) is 6.58. The lowest BCUT2D eigenvalue weighted by atomic mass is 10.1. The molecule has 2 aromatic heterocycles. The Hall–Kier alpha value is -2.90. The summed E-state index contributed by atoms with van der Waals surface area (Å²) in [5.74, 6) is 0.944. The average Bonchev–Trinajstić information content (AvgIpc) is 2.58. The smallest absolute Gasteiger partial charge is 0.365 e. The van der Waals surface area contributed by atoms with E-state index in [1.54, 1.807) is 23.8 Å². The van der Waals surface area contributed by atoms with Crippen molar-refractivity contribution in [2.75, 3.05) is 5.32 Å². The second-order valence-corrected chi connectivity index (χ2v) is 6.58. The first kappa shape index (κ1) is 18.9. The number of nitrogens with zero attached hydrogens (tertiary/aromatic N) is 3. The maximum atomic E-state index is 12.9. The molecule has 0 unspecified atom stereocenters. The van der Waals surface area contributed by atoms with Gasteiger partial charge in [-0.1, -0.05) is 12.1 Å². The number of benzene rings is 1. The van der Waals surface area contributed by atoms with E-state index in [-0.39, 0.29) is 18.1 Å². The maximum Gasteiger partial charge on any atom is 0.416 e. The number of aryl methyl sites for hydroxylation is 1. The highest BCUT2D eigenvalue weighted by atomic mass is 19.4. The number of hydrogen-bond donors (Lipinski definition) is 1. The summed E-state index contributed by atoms with van der Waals surface area (Å²) >= 11 is 0. The predicted molar refractivity (Wildman–Crippen MR) is 97.7 cm³/mol. The molecule has 2 heterocycles. The first-order valence-corrected chi connectivity index (χ1v) is 8.45. The zero-order chi connectivity index (χ0) is 19.8. The number of hydrogen-bond acceptors (Lipinski definition) is 4. The van der Waals surface area contributed by atoms with Crippen LogP contribution in [-0.2, 0) is 12.7 Å². The van der Waals surface area contributed by atoms with Crippen LogP contribution in [-0.4, -0.2) is 14.5 Å². The first-order valence-electron chi connectivity index (χ1n) is 8.45. The lowest BCUT2D eigenvalue weighted by Crippen LogP contribution is -2.21. The fraction of sp³-hybridized carbons (Fsp3) is 0.316. The van der Waals surface area contributed by atoms with Crippen molar-refractivity contribution in [3.63, 3.8) is 0 Å². The van der Waals surface area contributed by atoms with Crippen molar-refractivity contribution in [1.82, 2.24) is 14.5 Å². The number of anilines is 1. The fourth-order valence-electron chi connectivity index (χ4n) is 2.82. The van der Waals surface area contributed by atoms with Gasteiger partial charge in [0.25, 0.3) is 5.56 Å². The number of halogens is 3. The van der Waals surface area contributed by atoms with Gasteiger partial charge in [-0.25, -0.2) is 9.97 Å². The third kappa shape index (κ3) is 4.10. The monoisotopic (exact) mass is 376 g/mol. The third-order valence-electron chi connectivity index (χ3n) is 4.14. The van der Waals surface area contributed by atoms with Gasteiger partial charge in [0.05, 0.1) is 16.5 Å². The van der Waals surface area contributed by atoms with Gasteiger partial charge >= 0.3 is 6.18 Å². The minimum absolute atomic E-state index is 0.0421. The molecule has 3 rings (SSSR count). The van der Waals surface area contributed by atoms with Crippen LogP contribution in [0.1, 0.15) is 36.8 Å². The Morgan fingerprint density at radius 3 is 2.59 bits per heavy atom. The number of rotatable bonds is 4. The average molecular weight is 376 g/mol. The summed E-state index contributed by atoms with van der Waals surface area (Å²) in [4.78, 5) is 20.8. The van der Waals surface area contributed by atoms with Gasteiger partial charge in [0.15, 0.2) is 0 Å². The largest absolute Gasteiger partial charge is 0.416 e. The molecule has 8 heteroatoms. The Labute approximate surface area is 153 Å². The second kappa shape index (κ2) is 7.02. The summed E-state index contributed by atoms with van der Waals surface area (Å²) in [6, 6.07) is 6.53. The first-order chi connectivity index (χ1) is 12.6. The molecule has 0 amide bonds. The van der Waals surface area contributed by atoms with Gasteiger partial charge in [-0.15, -0.1) is 0 Å². The van der Waals surface area contributed by atoms with E-state index >= 15 is 0 Å². The summed E-state index contributed by atoms with van der Waals surface area (Å²) < 4.78 is 40.2. The predicted octanol–water partition coefficient (Wildman–Crippen LogP) is 4.31. The van der Waals surface area contributed by atoms with Crippen molar-refractivity contribution in [1.29, 1.82) is 0 Å². The van der Waals surface area contributed by atoms with Crippen LogP contribution in [0.15, 0.2) is 41.3 Å².